The van der Waals surface area contributed by atoms with Crippen molar-refractivity contribution in [2.75, 3.05) is 0 Å². The zero-order chi connectivity index (χ0) is 30.7. The fraction of sp³-hybridized carbons (Fsp3) is 0.667. The van der Waals surface area contributed by atoms with E-state index in [2.05, 4.69) is 16.0 Å². The minimum Gasteiger partial charge on any atom is -0.445 e. The fourth-order valence-corrected chi connectivity index (χ4v) is 3.94. The zero-order valence-electron chi connectivity index (χ0n) is 25.6. The summed E-state index contributed by atoms with van der Waals surface area (Å²) in [5, 5.41) is 9.44. The van der Waals surface area contributed by atoms with Crippen molar-refractivity contribution in [2.45, 2.75) is 124 Å². The number of rotatable bonds is 14. The molecule has 40 heavy (non-hydrogen) atoms. The first-order valence-electron chi connectivity index (χ1n) is 13.8. The Morgan fingerprint density at radius 2 is 1.43 bits per heavy atom. The van der Waals surface area contributed by atoms with Crippen LogP contribution >= 0.6 is 0 Å². The van der Waals surface area contributed by atoms with Crippen molar-refractivity contribution < 1.29 is 33.4 Å². The number of carbonyl (C=O) groups is 4. The Kier molecular flexibility index (Phi) is 13.8. The highest BCUT2D eigenvalue weighted by molar-refractivity contribution is 5.92. The van der Waals surface area contributed by atoms with Gasteiger partial charge in [-0.05, 0) is 66.9 Å². The maximum absolute atomic E-state index is 13.5. The molecule has 0 saturated carbocycles. The molecule has 2 N–H and O–H groups in total. The summed E-state index contributed by atoms with van der Waals surface area (Å²) in [5.41, 5.74) is -0.387. The number of hydrogen-bond donors (Lipinski definition) is 2. The Bertz CT molecular complexity index is 956. The van der Waals surface area contributed by atoms with Crippen LogP contribution in [0.2, 0.25) is 0 Å². The van der Waals surface area contributed by atoms with E-state index in [9.17, 15) is 19.2 Å². The summed E-state index contributed by atoms with van der Waals surface area (Å²) in [5.74, 6) is -1.61. The molecule has 1 aromatic carbocycles. The molecule has 0 saturated heterocycles. The van der Waals surface area contributed by atoms with Crippen molar-refractivity contribution in [2.24, 2.45) is 5.92 Å². The van der Waals surface area contributed by atoms with Gasteiger partial charge in [-0.3, -0.25) is 9.59 Å². The second kappa shape index (κ2) is 15.7. The van der Waals surface area contributed by atoms with Gasteiger partial charge in [-0.1, -0.05) is 50.6 Å². The Balaban J connectivity index is 3.10. The molecule has 0 heterocycles. The maximum Gasteiger partial charge on any atom is 0.408 e. The molecule has 10 nitrogen and oxygen atoms in total. The number of hydrogen-bond acceptors (Lipinski definition) is 7. The lowest BCUT2D eigenvalue weighted by molar-refractivity contribution is -0.141. The Morgan fingerprint density at radius 3 is 1.93 bits per heavy atom. The molecule has 0 aliphatic heterocycles. The average Bonchev–Trinajstić information content (AvgIpc) is 2.85. The summed E-state index contributed by atoms with van der Waals surface area (Å²) in [4.78, 5) is 51.3. The van der Waals surface area contributed by atoms with Crippen LogP contribution in [0.15, 0.2) is 30.3 Å². The van der Waals surface area contributed by atoms with E-state index < -0.39 is 59.4 Å². The largest absolute Gasteiger partial charge is 0.445 e. The minimum atomic E-state index is -1.22. The Labute approximate surface area is 239 Å². The predicted molar refractivity (Wildman–Crippen MR) is 153 cm³/mol. The lowest BCUT2D eigenvalue weighted by Crippen LogP contribution is -2.60. The molecule has 0 spiro atoms. The summed E-state index contributed by atoms with van der Waals surface area (Å²) in [6.45, 7) is 18.0. The molecule has 6 atom stereocenters. The molecule has 1 radical (unpaired) electrons. The highest BCUT2D eigenvalue weighted by atomic mass is 16.5. The monoisotopic (exact) mass is 562 g/mol. The summed E-state index contributed by atoms with van der Waals surface area (Å²) in [7, 11) is 0. The number of amides is 3. The first-order valence-corrected chi connectivity index (χ1v) is 13.8. The highest BCUT2D eigenvalue weighted by Gasteiger charge is 2.37. The normalized spacial score (nSPS) is 16.4. The van der Waals surface area contributed by atoms with Gasteiger partial charge in [-0.15, -0.1) is 0 Å². The second-order valence-corrected chi connectivity index (χ2v) is 12.0. The third-order valence-corrected chi connectivity index (χ3v) is 5.99. The summed E-state index contributed by atoms with van der Waals surface area (Å²) in [6, 6.07) is 5.88. The van der Waals surface area contributed by atoms with Gasteiger partial charge in [0, 0.05) is 0 Å². The molecule has 3 amide bonds. The van der Waals surface area contributed by atoms with Gasteiger partial charge in [0.1, 0.15) is 31.0 Å². The van der Waals surface area contributed by atoms with Crippen LogP contribution in [0.4, 0.5) is 4.79 Å². The third-order valence-electron chi connectivity index (χ3n) is 5.99. The molecule has 0 aromatic heterocycles. The van der Waals surface area contributed by atoms with E-state index in [0.717, 1.165) is 5.56 Å². The van der Waals surface area contributed by atoms with Crippen molar-refractivity contribution in [3.8, 4) is 0 Å². The van der Waals surface area contributed by atoms with Crippen molar-refractivity contribution in [1.82, 2.24) is 16.0 Å². The maximum atomic E-state index is 13.5. The summed E-state index contributed by atoms with van der Waals surface area (Å²) >= 11 is 0. The van der Waals surface area contributed by atoms with Crippen LogP contribution in [-0.2, 0) is 35.2 Å². The van der Waals surface area contributed by atoms with Crippen LogP contribution in [-0.4, -0.2) is 65.7 Å². The molecule has 1 aromatic rings. The van der Waals surface area contributed by atoms with Gasteiger partial charge in [-0.2, -0.15) is 0 Å². The van der Waals surface area contributed by atoms with Crippen LogP contribution in [0.1, 0.15) is 81.2 Å². The fourth-order valence-electron chi connectivity index (χ4n) is 3.94. The van der Waals surface area contributed by atoms with E-state index in [4.69, 9.17) is 14.2 Å². The number of alkyl carbamates (subject to hydrolysis) is 1. The quantitative estimate of drug-likeness (QED) is 0.328. The van der Waals surface area contributed by atoms with Crippen molar-refractivity contribution in [3.63, 3.8) is 0 Å². The summed E-state index contributed by atoms with van der Waals surface area (Å²) in [6.07, 6.45) is -1.11. The predicted octanol–water partition coefficient (Wildman–Crippen LogP) is 3.92. The summed E-state index contributed by atoms with van der Waals surface area (Å²) < 4.78 is 17.1. The standard InChI is InChI=1S/C30H48N3O7/c1-11-19(2)24(33-28(37)38-18-22-15-13-12-14-16-22)26(35)32-25(21(4)40-30(8,9)10)27(36)31-23(17-34)20(3)39-29(5,6)7/h12-17,19-21,23-25H,11,18H2,1-10H3,(H,32,35)(H,33,37)/t19-,20+,21+,23+,24-,25-/m0/s1. The van der Waals surface area contributed by atoms with E-state index in [1.807, 2.05) is 85.7 Å². The Hall–Kier alpha value is -2.98. The van der Waals surface area contributed by atoms with Crippen molar-refractivity contribution >= 4 is 24.2 Å². The molecule has 225 valence electrons. The number of aldehydes is 1. The smallest absolute Gasteiger partial charge is 0.408 e. The molecule has 0 unspecified atom stereocenters. The topological polar surface area (TPSA) is 134 Å². The van der Waals surface area contributed by atoms with Gasteiger partial charge < -0.3 is 29.6 Å². The van der Waals surface area contributed by atoms with Crippen LogP contribution in [0.5, 0.6) is 0 Å². The Morgan fingerprint density at radius 1 is 0.875 bits per heavy atom. The number of carbonyl (C=O) groups excluding carboxylic acids is 4. The second-order valence-electron chi connectivity index (χ2n) is 12.0. The lowest BCUT2D eigenvalue weighted by Gasteiger charge is -2.33. The first kappa shape index (κ1) is 35.0. The average molecular weight is 563 g/mol. The van der Waals surface area contributed by atoms with E-state index >= 15 is 0 Å². The van der Waals surface area contributed by atoms with Crippen LogP contribution < -0.4 is 16.0 Å². The molecule has 1 rings (SSSR count). The van der Waals surface area contributed by atoms with E-state index in [1.165, 1.54) is 0 Å². The van der Waals surface area contributed by atoms with E-state index in [0.29, 0.717) is 12.7 Å². The molecular weight excluding hydrogens is 514 g/mol. The van der Waals surface area contributed by atoms with Gasteiger partial charge >= 0.3 is 6.09 Å². The molecule has 10 heteroatoms. The number of ether oxygens (including phenoxy) is 3. The molecule has 0 aliphatic carbocycles. The molecule has 0 aliphatic rings. The molecular formula is C30H48N3O7. The number of benzene rings is 1. The van der Waals surface area contributed by atoms with Crippen LogP contribution in [0.3, 0.4) is 0 Å². The highest BCUT2D eigenvalue weighted by Crippen LogP contribution is 2.17. The number of nitrogens with one attached hydrogen (secondary N) is 2. The first-order chi connectivity index (χ1) is 18.5. The van der Waals surface area contributed by atoms with Gasteiger partial charge in [0.2, 0.25) is 5.91 Å². The minimum absolute atomic E-state index is 0.0415. The zero-order valence-corrected chi connectivity index (χ0v) is 25.6. The number of nitrogens with zero attached hydrogens (tertiary/aromatic N) is 1. The van der Waals surface area contributed by atoms with E-state index in [-0.39, 0.29) is 12.5 Å². The SMILES string of the molecule is CC[C@H](C)[C@H](NC(=O)OCc1ccccc1)C(=O)N[C@H](C(=O)[N][C@H](C=O)[C@@H](C)OC(C)(C)C)[C@@H](C)OC(C)(C)C. The van der Waals surface area contributed by atoms with Crippen LogP contribution in [0, 0.1) is 5.92 Å². The van der Waals surface area contributed by atoms with Crippen molar-refractivity contribution in [1.29, 1.82) is 0 Å². The van der Waals surface area contributed by atoms with Gasteiger partial charge in [0.05, 0.1) is 23.4 Å². The molecule has 0 fully saturated rings. The molecule has 0 bridgehead atoms. The van der Waals surface area contributed by atoms with E-state index in [1.54, 1.807) is 13.8 Å². The van der Waals surface area contributed by atoms with Gasteiger partial charge in [0.25, 0.3) is 5.91 Å². The van der Waals surface area contributed by atoms with Crippen molar-refractivity contribution in [3.05, 3.63) is 35.9 Å². The van der Waals surface area contributed by atoms with Gasteiger partial charge in [0.15, 0.2) is 0 Å². The lowest BCUT2D eigenvalue weighted by atomic mass is 9.97. The van der Waals surface area contributed by atoms with Crippen LogP contribution in [0.25, 0.3) is 0 Å². The van der Waals surface area contributed by atoms with Gasteiger partial charge in [-0.25, -0.2) is 10.1 Å². The third kappa shape index (κ3) is 12.9.